The Bertz CT molecular complexity index is 1040. The van der Waals surface area contributed by atoms with E-state index in [4.69, 9.17) is 9.47 Å². The number of nitrogens with zero attached hydrogens (tertiary/aromatic N) is 5. The largest absolute Gasteiger partial charge is 0.490 e. The molecular formula is C17H18N6O6. The van der Waals surface area contributed by atoms with Gasteiger partial charge < -0.3 is 14.8 Å². The highest BCUT2D eigenvalue weighted by Crippen LogP contribution is 2.28. The molecule has 0 radical (unpaired) electrons. The molecule has 0 unspecified atom stereocenters. The van der Waals surface area contributed by atoms with Gasteiger partial charge in [-0.3, -0.25) is 14.8 Å². The van der Waals surface area contributed by atoms with Gasteiger partial charge in [-0.05, 0) is 41.9 Å². The number of carbonyl (C=O) groups excluding carboxylic acids is 1. The Morgan fingerprint density at radius 3 is 2.76 bits per heavy atom. The van der Waals surface area contributed by atoms with Crippen LogP contribution in [0.5, 0.6) is 5.75 Å². The van der Waals surface area contributed by atoms with Crippen molar-refractivity contribution >= 4 is 17.5 Å². The number of nitro benzene ring substituents is 1. The van der Waals surface area contributed by atoms with E-state index in [2.05, 4.69) is 25.4 Å². The van der Waals surface area contributed by atoms with E-state index in [0.717, 1.165) is 11.4 Å². The Hall–Kier alpha value is -3.96. The van der Waals surface area contributed by atoms with Crippen LogP contribution in [0.2, 0.25) is 0 Å². The number of hydrogen-bond donors (Lipinski definition) is 1. The fraction of sp³-hybridized carbons (Fsp3) is 0.294. The maximum absolute atomic E-state index is 12.3. The van der Waals surface area contributed by atoms with E-state index in [1.807, 2.05) is 19.9 Å². The van der Waals surface area contributed by atoms with E-state index < -0.39 is 10.9 Å². The molecule has 12 heteroatoms. The second-order valence-electron chi connectivity index (χ2n) is 6.06. The van der Waals surface area contributed by atoms with Crippen LogP contribution in [0.4, 0.5) is 11.5 Å². The summed E-state index contributed by atoms with van der Waals surface area (Å²) in [6, 6.07) is 6.17. The minimum atomic E-state index is -0.791. The maximum Gasteiger partial charge on any atom is 0.364 e. The molecule has 0 saturated heterocycles. The van der Waals surface area contributed by atoms with Gasteiger partial charge >= 0.3 is 11.7 Å². The normalized spacial score (nSPS) is 10.6. The summed E-state index contributed by atoms with van der Waals surface area (Å²) < 4.78 is 16.4. The van der Waals surface area contributed by atoms with Crippen LogP contribution in [-0.2, 0) is 18.0 Å². The SMILES string of the molecule is COc1ccc(COC(=O)c2nonc2NCn2nc(C)cc2C)cc1[N+](=O)[O-]. The molecule has 2 aromatic heterocycles. The summed E-state index contributed by atoms with van der Waals surface area (Å²) in [5.74, 6) is -0.578. The number of benzene rings is 1. The molecule has 1 aromatic carbocycles. The first kappa shape index (κ1) is 19.8. The summed E-state index contributed by atoms with van der Waals surface area (Å²) in [5, 5.41) is 25.5. The highest BCUT2D eigenvalue weighted by atomic mass is 16.6. The molecule has 0 spiro atoms. The van der Waals surface area contributed by atoms with Crippen LogP contribution >= 0.6 is 0 Å². The van der Waals surface area contributed by atoms with Gasteiger partial charge in [0.05, 0.1) is 17.7 Å². The molecule has 0 aliphatic heterocycles. The molecule has 152 valence electrons. The third-order valence-corrected chi connectivity index (χ3v) is 3.99. The summed E-state index contributed by atoms with van der Waals surface area (Å²) in [7, 11) is 1.33. The predicted molar refractivity (Wildman–Crippen MR) is 98.4 cm³/mol. The zero-order valence-electron chi connectivity index (χ0n) is 15.9. The zero-order chi connectivity index (χ0) is 21.0. The second kappa shape index (κ2) is 8.37. The number of aryl methyl sites for hydroxylation is 2. The Kier molecular flexibility index (Phi) is 5.71. The van der Waals surface area contributed by atoms with E-state index in [9.17, 15) is 14.9 Å². The van der Waals surface area contributed by atoms with Gasteiger partial charge in [0.15, 0.2) is 5.75 Å². The Morgan fingerprint density at radius 2 is 2.10 bits per heavy atom. The lowest BCUT2D eigenvalue weighted by molar-refractivity contribution is -0.385. The Balaban J connectivity index is 1.65. The molecule has 0 saturated carbocycles. The number of nitro groups is 1. The molecule has 3 rings (SSSR count). The summed E-state index contributed by atoms with van der Waals surface area (Å²) in [6.07, 6.45) is 0. The minimum absolute atomic E-state index is 0.100. The van der Waals surface area contributed by atoms with Crippen molar-refractivity contribution < 1.29 is 23.8 Å². The molecular weight excluding hydrogens is 384 g/mol. The molecule has 0 amide bonds. The number of rotatable bonds is 8. The Morgan fingerprint density at radius 1 is 1.31 bits per heavy atom. The monoisotopic (exact) mass is 402 g/mol. The summed E-state index contributed by atoms with van der Waals surface area (Å²) >= 11 is 0. The predicted octanol–water partition coefficient (Wildman–Crippen LogP) is 2.23. The van der Waals surface area contributed by atoms with Crippen molar-refractivity contribution in [2.45, 2.75) is 27.1 Å². The molecule has 29 heavy (non-hydrogen) atoms. The number of aromatic nitrogens is 4. The van der Waals surface area contributed by atoms with Crippen molar-refractivity contribution in [3.8, 4) is 5.75 Å². The van der Waals surface area contributed by atoms with E-state index >= 15 is 0 Å². The smallest absolute Gasteiger partial charge is 0.364 e. The van der Waals surface area contributed by atoms with Gasteiger partial charge in [-0.1, -0.05) is 6.07 Å². The van der Waals surface area contributed by atoms with Crippen LogP contribution in [0, 0.1) is 24.0 Å². The Labute approximate surface area is 164 Å². The first-order valence-corrected chi connectivity index (χ1v) is 8.45. The average molecular weight is 402 g/mol. The van der Waals surface area contributed by atoms with Crippen LogP contribution < -0.4 is 10.1 Å². The average Bonchev–Trinajstić information content (AvgIpc) is 3.29. The standard InChI is InChI=1S/C17H18N6O6/c1-10-6-11(2)22(19-10)9-18-16-15(20-29-21-16)17(24)28-8-12-4-5-14(27-3)13(7-12)23(25)26/h4-7H,8-9H2,1-3H3,(H,18,21). The summed E-state index contributed by atoms with van der Waals surface area (Å²) in [4.78, 5) is 22.8. The van der Waals surface area contributed by atoms with Gasteiger partial charge in [-0.25, -0.2) is 9.42 Å². The first-order chi connectivity index (χ1) is 13.9. The highest BCUT2D eigenvalue weighted by molar-refractivity contribution is 5.92. The second-order valence-corrected chi connectivity index (χ2v) is 6.06. The number of methoxy groups -OCH3 is 1. The van der Waals surface area contributed by atoms with Crippen molar-refractivity contribution in [1.29, 1.82) is 0 Å². The maximum atomic E-state index is 12.3. The van der Waals surface area contributed by atoms with E-state index in [1.165, 1.54) is 19.2 Å². The van der Waals surface area contributed by atoms with Crippen LogP contribution in [0.15, 0.2) is 28.9 Å². The van der Waals surface area contributed by atoms with Gasteiger partial charge in [-0.15, -0.1) is 0 Å². The molecule has 2 heterocycles. The van der Waals surface area contributed by atoms with Crippen LogP contribution in [0.3, 0.4) is 0 Å². The fourth-order valence-corrected chi connectivity index (χ4v) is 2.61. The lowest BCUT2D eigenvalue weighted by Crippen LogP contribution is -2.14. The van der Waals surface area contributed by atoms with E-state index in [-0.39, 0.29) is 36.2 Å². The van der Waals surface area contributed by atoms with Crippen molar-refractivity contribution in [3.63, 3.8) is 0 Å². The van der Waals surface area contributed by atoms with Crippen molar-refractivity contribution in [2.75, 3.05) is 12.4 Å². The molecule has 1 N–H and O–H groups in total. The molecule has 0 aliphatic rings. The molecule has 3 aromatic rings. The van der Waals surface area contributed by atoms with Gasteiger partial charge in [0.25, 0.3) is 0 Å². The number of ether oxygens (including phenoxy) is 2. The fourth-order valence-electron chi connectivity index (χ4n) is 2.61. The number of anilines is 1. The van der Waals surface area contributed by atoms with Crippen molar-refractivity contribution in [1.82, 2.24) is 20.1 Å². The topological polar surface area (TPSA) is 147 Å². The first-order valence-electron chi connectivity index (χ1n) is 8.45. The van der Waals surface area contributed by atoms with E-state index in [1.54, 1.807) is 10.7 Å². The third kappa shape index (κ3) is 4.48. The van der Waals surface area contributed by atoms with Crippen LogP contribution in [0.25, 0.3) is 0 Å². The molecule has 0 bridgehead atoms. The van der Waals surface area contributed by atoms with Crippen LogP contribution in [0.1, 0.15) is 27.4 Å². The number of esters is 1. The third-order valence-electron chi connectivity index (χ3n) is 3.99. The molecule has 0 fully saturated rings. The molecule has 0 atom stereocenters. The van der Waals surface area contributed by atoms with Crippen molar-refractivity contribution in [3.05, 3.63) is 57.0 Å². The lowest BCUT2D eigenvalue weighted by atomic mass is 10.2. The number of hydrogen-bond acceptors (Lipinski definition) is 10. The van der Waals surface area contributed by atoms with Gasteiger partial charge in [0, 0.05) is 11.8 Å². The lowest BCUT2D eigenvalue weighted by Gasteiger charge is -2.07. The molecule has 12 nitrogen and oxygen atoms in total. The van der Waals surface area contributed by atoms with Gasteiger partial charge in [0.1, 0.15) is 13.3 Å². The zero-order valence-corrected chi connectivity index (χ0v) is 15.9. The number of carbonyl (C=O) groups is 1. The number of nitrogens with one attached hydrogen (secondary N) is 1. The van der Waals surface area contributed by atoms with Gasteiger partial charge in [0.2, 0.25) is 11.5 Å². The van der Waals surface area contributed by atoms with Gasteiger partial charge in [-0.2, -0.15) is 5.10 Å². The minimum Gasteiger partial charge on any atom is -0.490 e. The highest BCUT2D eigenvalue weighted by Gasteiger charge is 2.21. The van der Waals surface area contributed by atoms with E-state index in [0.29, 0.717) is 5.56 Å². The quantitative estimate of drug-likeness (QED) is 0.338. The summed E-state index contributed by atoms with van der Waals surface area (Å²) in [5.41, 5.74) is 1.83. The van der Waals surface area contributed by atoms with Crippen molar-refractivity contribution in [2.24, 2.45) is 0 Å². The van der Waals surface area contributed by atoms with Crippen LogP contribution in [-0.4, -0.2) is 38.1 Å². The summed E-state index contributed by atoms with van der Waals surface area (Å²) in [6.45, 7) is 3.81. The molecule has 0 aliphatic carbocycles.